The van der Waals surface area contributed by atoms with E-state index in [0.29, 0.717) is 26.3 Å². The summed E-state index contributed by atoms with van der Waals surface area (Å²) in [6, 6.07) is 13.3. The highest BCUT2D eigenvalue weighted by Gasteiger charge is 2.28. The molecule has 2 aromatic carbocycles. The van der Waals surface area contributed by atoms with Gasteiger partial charge in [-0.3, -0.25) is 0 Å². The maximum absolute atomic E-state index is 13.2. The minimum atomic E-state index is -3.78. The molecule has 0 N–H and O–H groups in total. The van der Waals surface area contributed by atoms with E-state index in [0.717, 1.165) is 37.2 Å². The zero-order valence-corrected chi connectivity index (χ0v) is 19.8. The Morgan fingerprint density at radius 3 is 2.09 bits per heavy atom. The van der Waals surface area contributed by atoms with E-state index in [4.69, 9.17) is 4.74 Å². The van der Waals surface area contributed by atoms with Gasteiger partial charge in [0.1, 0.15) is 0 Å². The van der Waals surface area contributed by atoms with Gasteiger partial charge in [-0.15, -0.1) is 0 Å². The molecule has 2 saturated heterocycles. The molecule has 0 aromatic heterocycles. The van der Waals surface area contributed by atoms with E-state index in [9.17, 15) is 16.8 Å². The molecule has 0 atom stereocenters. The van der Waals surface area contributed by atoms with Crippen LogP contribution in [0.2, 0.25) is 0 Å². The van der Waals surface area contributed by atoms with E-state index in [1.807, 2.05) is 24.3 Å². The molecule has 0 amide bonds. The van der Waals surface area contributed by atoms with Gasteiger partial charge in [0, 0.05) is 45.5 Å². The van der Waals surface area contributed by atoms with Crippen LogP contribution in [0.3, 0.4) is 0 Å². The molecule has 2 aliphatic heterocycles. The van der Waals surface area contributed by atoms with E-state index in [1.54, 1.807) is 7.05 Å². The Hall–Kier alpha value is -1.98. The molecule has 0 aliphatic carbocycles. The van der Waals surface area contributed by atoms with Crippen molar-refractivity contribution in [2.45, 2.75) is 29.2 Å². The predicted molar refractivity (Wildman–Crippen MR) is 123 cm³/mol. The van der Waals surface area contributed by atoms with Crippen LogP contribution >= 0.6 is 0 Å². The van der Waals surface area contributed by atoms with Gasteiger partial charge in [0.2, 0.25) is 20.0 Å². The smallest absolute Gasteiger partial charge is 0.243 e. The maximum Gasteiger partial charge on any atom is 0.243 e. The number of hydrogen-bond acceptors (Lipinski definition) is 6. The van der Waals surface area contributed by atoms with Crippen molar-refractivity contribution in [1.29, 1.82) is 0 Å². The van der Waals surface area contributed by atoms with Gasteiger partial charge >= 0.3 is 0 Å². The normalized spacial score (nSPS) is 18.4. The zero-order valence-electron chi connectivity index (χ0n) is 18.2. The number of hydrogen-bond donors (Lipinski definition) is 0. The first-order valence-electron chi connectivity index (χ1n) is 10.8. The molecule has 8 nitrogen and oxygen atoms in total. The molecule has 0 spiro atoms. The third-order valence-electron chi connectivity index (χ3n) is 5.97. The lowest BCUT2D eigenvalue weighted by molar-refractivity contribution is 0.122. The monoisotopic (exact) mass is 479 g/mol. The molecular weight excluding hydrogens is 450 g/mol. The number of rotatable bonds is 7. The molecule has 2 aromatic rings. The van der Waals surface area contributed by atoms with Crippen LogP contribution in [0.4, 0.5) is 5.69 Å². The van der Waals surface area contributed by atoms with Crippen molar-refractivity contribution in [1.82, 2.24) is 8.61 Å². The van der Waals surface area contributed by atoms with Crippen molar-refractivity contribution in [3.05, 3.63) is 54.1 Å². The van der Waals surface area contributed by atoms with Gasteiger partial charge in [0.15, 0.2) is 0 Å². The number of nitrogens with zero attached hydrogens (tertiary/aromatic N) is 3. The molecule has 2 aliphatic rings. The predicted octanol–water partition coefficient (Wildman–Crippen LogP) is 2.13. The van der Waals surface area contributed by atoms with E-state index in [2.05, 4.69) is 4.90 Å². The van der Waals surface area contributed by atoms with Crippen LogP contribution in [0.5, 0.6) is 0 Å². The van der Waals surface area contributed by atoms with Crippen LogP contribution in [0.15, 0.2) is 58.3 Å². The van der Waals surface area contributed by atoms with Crippen molar-refractivity contribution >= 4 is 25.7 Å². The van der Waals surface area contributed by atoms with Gasteiger partial charge in [-0.05, 0) is 48.7 Å². The third-order valence-corrected chi connectivity index (χ3v) is 9.70. The van der Waals surface area contributed by atoms with Crippen LogP contribution in [-0.2, 0) is 31.3 Å². The van der Waals surface area contributed by atoms with Crippen LogP contribution in [0.25, 0.3) is 0 Å². The summed E-state index contributed by atoms with van der Waals surface area (Å²) in [5, 5.41) is 0. The zero-order chi connectivity index (χ0) is 22.8. The van der Waals surface area contributed by atoms with Crippen molar-refractivity contribution in [2.75, 3.05) is 51.3 Å². The summed E-state index contributed by atoms with van der Waals surface area (Å²) >= 11 is 0. The maximum atomic E-state index is 13.2. The van der Waals surface area contributed by atoms with E-state index < -0.39 is 20.0 Å². The van der Waals surface area contributed by atoms with Crippen molar-refractivity contribution < 1.29 is 21.6 Å². The van der Waals surface area contributed by atoms with E-state index >= 15 is 0 Å². The van der Waals surface area contributed by atoms with Crippen molar-refractivity contribution in [2.24, 2.45) is 0 Å². The molecule has 0 bridgehead atoms. The Labute approximate surface area is 190 Å². The van der Waals surface area contributed by atoms with Gasteiger partial charge in [0.25, 0.3) is 0 Å². The Bertz CT molecular complexity index is 1140. The van der Waals surface area contributed by atoms with Crippen LogP contribution < -0.4 is 4.90 Å². The molecule has 10 heteroatoms. The van der Waals surface area contributed by atoms with E-state index in [-0.39, 0.29) is 16.3 Å². The highest BCUT2D eigenvalue weighted by atomic mass is 32.2. The number of sulfonamides is 2. The van der Waals surface area contributed by atoms with Crippen LogP contribution in [0, 0.1) is 0 Å². The van der Waals surface area contributed by atoms with Gasteiger partial charge in [0.05, 0.1) is 23.0 Å². The molecule has 32 heavy (non-hydrogen) atoms. The first-order chi connectivity index (χ1) is 15.3. The first-order valence-corrected chi connectivity index (χ1v) is 13.7. The largest absolute Gasteiger partial charge is 0.378 e. The number of anilines is 1. The van der Waals surface area contributed by atoms with Crippen LogP contribution in [-0.4, -0.2) is 71.9 Å². The summed E-state index contributed by atoms with van der Waals surface area (Å²) in [4.78, 5) is 2.40. The molecule has 2 heterocycles. The molecule has 0 radical (unpaired) electrons. The second kappa shape index (κ2) is 9.48. The third kappa shape index (κ3) is 4.69. The SMILES string of the molecule is CN(Cc1ccccc1N1CCOCC1)S(=O)(=O)c1ccc(S(=O)(=O)N2CCCC2)cc1. The number of morpholine rings is 1. The summed E-state index contributed by atoms with van der Waals surface area (Å²) in [5.41, 5.74) is 1.92. The summed E-state index contributed by atoms with van der Waals surface area (Å²) in [7, 11) is -5.82. The fourth-order valence-corrected chi connectivity index (χ4v) is 6.79. The van der Waals surface area contributed by atoms with Crippen molar-refractivity contribution in [3.63, 3.8) is 0 Å². The molecule has 4 rings (SSSR count). The minimum absolute atomic E-state index is 0.0734. The van der Waals surface area contributed by atoms with Gasteiger partial charge in [-0.1, -0.05) is 18.2 Å². The Morgan fingerprint density at radius 1 is 0.844 bits per heavy atom. The highest BCUT2D eigenvalue weighted by molar-refractivity contribution is 7.89. The van der Waals surface area contributed by atoms with E-state index in [1.165, 1.54) is 32.9 Å². The average molecular weight is 480 g/mol. The number of para-hydroxylation sites is 1. The summed E-state index contributed by atoms with van der Waals surface area (Å²) in [5.74, 6) is 0. The van der Waals surface area contributed by atoms with Gasteiger partial charge in [-0.25, -0.2) is 16.8 Å². The topological polar surface area (TPSA) is 87.2 Å². The molecule has 2 fully saturated rings. The lowest BCUT2D eigenvalue weighted by atomic mass is 10.1. The summed E-state index contributed by atoms with van der Waals surface area (Å²) in [6.45, 7) is 4.05. The highest BCUT2D eigenvalue weighted by Crippen LogP contribution is 2.26. The molecule has 0 saturated carbocycles. The van der Waals surface area contributed by atoms with Gasteiger partial charge in [-0.2, -0.15) is 8.61 Å². The quantitative estimate of drug-likeness (QED) is 0.605. The lowest BCUT2D eigenvalue weighted by Crippen LogP contribution is -2.37. The van der Waals surface area contributed by atoms with Crippen molar-refractivity contribution in [3.8, 4) is 0 Å². The molecular formula is C22H29N3O5S2. The fourth-order valence-electron chi connectivity index (χ4n) is 4.12. The second-order valence-corrected chi connectivity index (χ2v) is 12.1. The number of benzene rings is 2. The first kappa shape index (κ1) is 23.2. The van der Waals surface area contributed by atoms with Gasteiger partial charge < -0.3 is 9.64 Å². The van der Waals surface area contributed by atoms with Crippen LogP contribution in [0.1, 0.15) is 18.4 Å². The molecule has 0 unspecified atom stereocenters. The minimum Gasteiger partial charge on any atom is -0.378 e. The fraction of sp³-hybridized carbons (Fsp3) is 0.455. The second-order valence-electron chi connectivity index (χ2n) is 8.07. The standard InChI is InChI=1S/C22H29N3O5S2/c1-23(18-19-6-2-3-7-22(19)24-14-16-30-17-15-24)31(26,27)20-8-10-21(11-9-20)32(28,29)25-12-4-5-13-25/h2-3,6-11H,4-5,12-18H2,1H3. The Morgan fingerprint density at radius 2 is 1.44 bits per heavy atom. The average Bonchev–Trinajstić information content (AvgIpc) is 3.36. The number of ether oxygens (including phenoxy) is 1. The Kier molecular flexibility index (Phi) is 6.87. The molecule has 174 valence electrons. The summed E-state index contributed by atoms with van der Waals surface area (Å²) < 4.78 is 59.9. The lowest BCUT2D eigenvalue weighted by Gasteiger charge is -2.31. The Balaban J connectivity index is 1.53. The summed E-state index contributed by atoms with van der Waals surface area (Å²) in [6.07, 6.45) is 1.70.